The van der Waals surface area contributed by atoms with Gasteiger partial charge in [-0.15, -0.1) is 0 Å². The topological polar surface area (TPSA) is 44.5 Å². The summed E-state index contributed by atoms with van der Waals surface area (Å²) in [6.07, 6.45) is 7.68. The van der Waals surface area contributed by atoms with Crippen molar-refractivity contribution in [3.63, 3.8) is 0 Å². The van der Waals surface area contributed by atoms with Gasteiger partial charge in [-0.3, -0.25) is 0 Å². The van der Waals surface area contributed by atoms with E-state index in [2.05, 4.69) is 19.1 Å². The highest BCUT2D eigenvalue weighted by Crippen LogP contribution is 2.43. The molecule has 1 saturated carbocycles. The Labute approximate surface area is 127 Å². The third-order valence-electron chi connectivity index (χ3n) is 4.93. The smallest absolute Gasteiger partial charge is 0.124 e. The highest BCUT2D eigenvalue weighted by Gasteiger charge is 2.42. The molecule has 1 spiro atoms. The molecule has 2 fully saturated rings. The van der Waals surface area contributed by atoms with Gasteiger partial charge in [-0.2, -0.15) is 0 Å². The number of aryl methyl sites for hydroxylation is 1. The summed E-state index contributed by atoms with van der Waals surface area (Å²) >= 11 is 0. The molecule has 1 unspecified atom stereocenters. The van der Waals surface area contributed by atoms with Crippen LogP contribution in [0.15, 0.2) is 18.2 Å². The Morgan fingerprint density at radius 1 is 1.33 bits per heavy atom. The van der Waals surface area contributed by atoms with Gasteiger partial charge in [0.05, 0.1) is 11.7 Å². The van der Waals surface area contributed by atoms with Gasteiger partial charge in [-0.1, -0.05) is 30.5 Å². The molecule has 1 heterocycles. The van der Waals surface area contributed by atoms with Gasteiger partial charge in [0, 0.05) is 11.6 Å². The first-order chi connectivity index (χ1) is 10.1. The second-order valence-corrected chi connectivity index (χ2v) is 6.81. The minimum Gasteiger partial charge on any atom is -0.491 e. The standard InChI is InChI=1S/C18H27NO2/c1-13-5-6-17(16(11-13)14(2)19)20-12-15-7-10-18(21-15)8-3-4-9-18/h5-6,11,14-15H,3-4,7-10,12,19H2,1-2H3/t14-,15?/m1/s1. The summed E-state index contributed by atoms with van der Waals surface area (Å²) in [5, 5.41) is 0. The van der Waals surface area contributed by atoms with Crippen LogP contribution >= 0.6 is 0 Å². The first-order valence-electron chi connectivity index (χ1n) is 8.25. The highest BCUT2D eigenvalue weighted by atomic mass is 16.6. The number of hydrogen-bond acceptors (Lipinski definition) is 3. The lowest BCUT2D eigenvalue weighted by molar-refractivity contribution is -0.0509. The third kappa shape index (κ3) is 3.24. The average molecular weight is 289 g/mol. The molecule has 3 nitrogen and oxygen atoms in total. The molecule has 0 bridgehead atoms. The molecule has 0 aromatic heterocycles. The minimum absolute atomic E-state index is 0.00873. The van der Waals surface area contributed by atoms with Gasteiger partial charge in [-0.25, -0.2) is 0 Å². The molecule has 1 aliphatic heterocycles. The van der Waals surface area contributed by atoms with Crippen LogP contribution in [-0.4, -0.2) is 18.3 Å². The van der Waals surface area contributed by atoms with Gasteiger partial charge in [0.15, 0.2) is 0 Å². The molecule has 3 heteroatoms. The normalized spacial score (nSPS) is 25.4. The Morgan fingerprint density at radius 2 is 2.10 bits per heavy atom. The summed E-state index contributed by atoms with van der Waals surface area (Å²) in [6.45, 7) is 4.73. The van der Waals surface area contributed by atoms with E-state index < -0.39 is 0 Å². The summed E-state index contributed by atoms with van der Waals surface area (Å²) in [5.41, 5.74) is 8.54. The molecule has 1 aromatic rings. The van der Waals surface area contributed by atoms with Crippen LogP contribution in [0.5, 0.6) is 5.75 Å². The summed E-state index contributed by atoms with van der Waals surface area (Å²) < 4.78 is 12.3. The second-order valence-electron chi connectivity index (χ2n) is 6.81. The van der Waals surface area contributed by atoms with Gasteiger partial charge in [0.2, 0.25) is 0 Å². The van der Waals surface area contributed by atoms with Gasteiger partial charge in [0.25, 0.3) is 0 Å². The van der Waals surface area contributed by atoms with Gasteiger partial charge >= 0.3 is 0 Å². The SMILES string of the molecule is Cc1ccc(OCC2CCC3(CCCC3)O2)c([C@@H](C)N)c1. The van der Waals surface area contributed by atoms with Crippen LogP contribution in [0.25, 0.3) is 0 Å². The highest BCUT2D eigenvalue weighted by molar-refractivity contribution is 5.38. The van der Waals surface area contributed by atoms with E-state index in [0.717, 1.165) is 17.7 Å². The van der Waals surface area contributed by atoms with E-state index >= 15 is 0 Å². The number of nitrogens with two attached hydrogens (primary N) is 1. The van der Waals surface area contributed by atoms with E-state index in [0.29, 0.717) is 6.61 Å². The molecular formula is C18H27NO2. The summed E-state index contributed by atoms with van der Waals surface area (Å²) in [5.74, 6) is 0.909. The molecule has 21 heavy (non-hydrogen) atoms. The van der Waals surface area contributed by atoms with E-state index in [1.165, 1.54) is 37.7 Å². The quantitative estimate of drug-likeness (QED) is 0.914. The predicted octanol–water partition coefficient (Wildman–Crippen LogP) is 3.89. The minimum atomic E-state index is -0.00873. The van der Waals surface area contributed by atoms with Gasteiger partial charge in [-0.05, 0) is 45.6 Å². The fraction of sp³-hybridized carbons (Fsp3) is 0.667. The molecule has 1 saturated heterocycles. The first-order valence-corrected chi connectivity index (χ1v) is 8.25. The average Bonchev–Trinajstić information content (AvgIpc) is 3.08. The van der Waals surface area contributed by atoms with Gasteiger partial charge < -0.3 is 15.2 Å². The van der Waals surface area contributed by atoms with E-state index in [1.807, 2.05) is 13.0 Å². The molecule has 3 rings (SSSR count). The Balaban J connectivity index is 1.61. The molecule has 1 aromatic carbocycles. The van der Waals surface area contributed by atoms with Crippen molar-refractivity contribution in [1.82, 2.24) is 0 Å². The van der Waals surface area contributed by atoms with Crippen molar-refractivity contribution in [3.05, 3.63) is 29.3 Å². The van der Waals surface area contributed by atoms with Crippen molar-refractivity contribution in [2.75, 3.05) is 6.61 Å². The molecule has 2 atom stereocenters. The maximum Gasteiger partial charge on any atom is 0.124 e. The lowest BCUT2D eigenvalue weighted by atomic mass is 9.98. The van der Waals surface area contributed by atoms with Crippen molar-refractivity contribution in [2.24, 2.45) is 5.73 Å². The zero-order chi connectivity index (χ0) is 14.9. The van der Waals surface area contributed by atoms with E-state index in [9.17, 15) is 0 Å². The Hall–Kier alpha value is -1.06. The van der Waals surface area contributed by atoms with Crippen LogP contribution < -0.4 is 10.5 Å². The molecule has 2 N–H and O–H groups in total. The predicted molar refractivity (Wildman–Crippen MR) is 84.6 cm³/mol. The first kappa shape index (κ1) is 14.9. The van der Waals surface area contributed by atoms with Gasteiger partial charge in [0.1, 0.15) is 12.4 Å². The summed E-state index contributed by atoms with van der Waals surface area (Å²) in [6, 6.07) is 6.22. The maximum atomic E-state index is 6.30. The van der Waals surface area contributed by atoms with Crippen molar-refractivity contribution >= 4 is 0 Å². The van der Waals surface area contributed by atoms with Crippen molar-refractivity contribution in [1.29, 1.82) is 0 Å². The van der Waals surface area contributed by atoms with Crippen LogP contribution in [0.4, 0.5) is 0 Å². The van der Waals surface area contributed by atoms with Crippen molar-refractivity contribution < 1.29 is 9.47 Å². The van der Waals surface area contributed by atoms with Crippen molar-refractivity contribution in [3.8, 4) is 5.75 Å². The fourth-order valence-electron chi connectivity index (χ4n) is 3.74. The summed E-state index contributed by atoms with van der Waals surface area (Å²) in [7, 11) is 0. The largest absolute Gasteiger partial charge is 0.491 e. The second kappa shape index (κ2) is 5.98. The van der Waals surface area contributed by atoms with Crippen LogP contribution in [0.3, 0.4) is 0 Å². The van der Waals surface area contributed by atoms with E-state index in [4.69, 9.17) is 15.2 Å². The lowest BCUT2D eigenvalue weighted by Crippen LogP contribution is -2.27. The number of rotatable bonds is 4. The molecule has 2 aliphatic rings. The van der Waals surface area contributed by atoms with E-state index in [-0.39, 0.29) is 17.7 Å². The molecule has 0 amide bonds. The summed E-state index contributed by atoms with van der Waals surface area (Å²) in [4.78, 5) is 0. The third-order valence-corrected chi connectivity index (χ3v) is 4.93. The van der Waals surface area contributed by atoms with Crippen LogP contribution in [0.2, 0.25) is 0 Å². The zero-order valence-corrected chi connectivity index (χ0v) is 13.2. The molecule has 1 aliphatic carbocycles. The maximum absolute atomic E-state index is 6.30. The Kier molecular flexibility index (Phi) is 4.23. The zero-order valence-electron chi connectivity index (χ0n) is 13.2. The lowest BCUT2D eigenvalue weighted by Gasteiger charge is -2.24. The van der Waals surface area contributed by atoms with Crippen molar-refractivity contribution in [2.45, 2.75) is 70.1 Å². The Morgan fingerprint density at radius 3 is 2.81 bits per heavy atom. The Bertz CT molecular complexity index is 492. The van der Waals surface area contributed by atoms with Crippen LogP contribution in [0, 0.1) is 6.92 Å². The monoisotopic (exact) mass is 289 g/mol. The fourth-order valence-corrected chi connectivity index (χ4v) is 3.74. The molecular weight excluding hydrogens is 262 g/mol. The molecule has 0 radical (unpaired) electrons. The molecule has 116 valence electrons. The number of hydrogen-bond donors (Lipinski definition) is 1. The van der Waals surface area contributed by atoms with E-state index in [1.54, 1.807) is 0 Å². The number of ether oxygens (including phenoxy) is 2. The van der Waals surface area contributed by atoms with Crippen LogP contribution in [0.1, 0.15) is 62.6 Å². The van der Waals surface area contributed by atoms with Crippen LogP contribution in [-0.2, 0) is 4.74 Å². The number of benzene rings is 1.